The molecule has 1 heterocycles. The number of ether oxygens (including phenoxy) is 2. The molecule has 0 aromatic heterocycles. The van der Waals surface area contributed by atoms with Crippen LogP contribution in [-0.2, 0) is 9.84 Å². The van der Waals surface area contributed by atoms with Crippen LogP contribution in [0.15, 0.2) is 53.0 Å². The van der Waals surface area contributed by atoms with Crippen molar-refractivity contribution in [2.45, 2.75) is 27.7 Å². The standard InChI is InChI=1S/C10H16O2S.C8H8O2/c1-5-6-10(13(4,11)12)8-7-9(2)3;1-6-2-3-7-8(4-6)10-5-9-7/h5-8H,1-4H3;2-4H,5H2,1H3/b6-5-,10-8+;. The molecule has 0 radical (unpaired) electrons. The summed E-state index contributed by atoms with van der Waals surface area (Å²) in [4.78, 5) is 0.344. The molecule has 0 saturated heterocycles. The topological polar surface area (TPSA) is 52.6 Å². The van der Waals surface area contributed by atoms with Gasteiger partial charge in [0.15, 0.2) is 21.3 Å². The first-order chi connectivity index (χ1) is 10.7. The molecule has 0 aliphatic carbocycles. The van der Waals surface area contributed by atoms with Gasteiger partial charge in [0.25, 0.3) is 0 Å². The van der Waals surface area contributed by atoms with Gasteiger partial charge in [-0.15, -0.1) is 0 Å². The number of benzene rings is 1. The average molecular weight is 336 g/mol. The van der Waals surface area contributed by atoms with Crippen molar-refractivity contribution >= 4 is 9.84 Å². The molecule has 0 N–H and O–H groups in total. The second-order valence-corrected chi connectivity index (χ2v) is 7.46. The fourth-order valence-corrected chi connectivity index (χ4v) is 2.42. The van der Waals surface area contributed by atoms with Crippen LogP contribution in [0.3, 0.4) is 0 Å². The number of rotatable bonds is 3. The molecule has 0 bridgehead atoms. The van der Waals surface area contributed by atoms with Crippen LogP contribution in [0, 0.1) is 6.92 Å². The van der Waals surface area contributed by atoms with Crippen LogP contribution in [0.4, 0.5) is 0 Å². The summed E-state index contributed by atoms with van der Waals surface area (Å²) in [6, 6.07) is 5.91. The van der Waals surface area contributed by atoms with Crippen molar-refractivity contribution in [3.63, 3.8) is 0 Å². The summed E-state index contributed by atoms with van der Waals surface area (Å²) in [6.45, 7) is 8.03. The SMILES string of the molecule is C/C=C\C(=C/C=C(C)C)S(C)(=O)=O.Cc1ccc2c(c1)OCO2. The second-order valence-electron chi connectivity index (χ2n) is 5.44. The molecule has 0 saturated carbocycles. The first-order valence-corrected chi connectivity index (χ1v) is 9.17. The summed E-state index contributed by atoms with van der Waals surface area (Å²) in [5.74, 6) is 1.71. The van der Waals surface area contributed by atoms with Gasteiger partial charge in [-0.1, -0.05) is 23.8 Å². The molecule has 1 aliphatic rings. The van der Waals surface area contributed by atoms with Crippen molar-refractivity contribution in [1.82, 2.24) is 0 Å². The van der Waals surface area contributed by atoms with Crippen LogP contribution in [0.5, 0.6) is 11.5 Å². The van der Waals surface area contributed by atoms with E-state index in [-0.39, 0.29) is 0 Å². The lowest BCUT2D eigenvalue weighted by atomic mass is 10.2. The van der Waals surface area contributed by atoms with E-state index in [1.54, 1.807) is 31.2 Å². The molecule has 4 nitrogen and oxygen atoms in total. The molecule has 2 rings (SSSR count). The maximum Gasteiger partial charge on any atom is 0.231 e. The zero-order valence-corrected chi connectivity index (χ0v) is 15.1. The summed E-state index contributed by atoms with van der Waals surface area (Å²) in [6.07, 6.45) is 7.92. The van der Waals surface area contributed by atoms with E-state index < -0.39 is 9.84 Å². The fraction of sp³-hybridized carbons (Fsp3) is 0.333. The predicted molar refractivity (Wildman–Crippen MR) is 94.5 cm³/mol. The molecule has 1 aromatic rings. The molecule has 0 amide bonds. The van der Waals surface area contributed by atoms with Crippen LogP contribution in [0.25, 0.3) is 0 Å². The van der Waals surface area contributed by atoms with Gasteiger partial charge in [0.1, 0.15) is 0 Å². The fourth-order valence-electron chi connectivity index (χ4n) is 1.72. The molecular formula is C18H24O4S. The molecule has 1 aliphatic heterocycles. The summed E-state index contributed by atoms with van der Waals surface area (Å²) in [5.41, 5.74) is 2.27. The molecule has 126 valence electrons. The Morgan fingerprint density at radius 3 is 2.35 bits per heavy atom. The molecule has 23 heavy (non-hydrogen) atoms. The first-order valence-electron chi connectivity index (χ1n) is 7.28. The summed E-state index contributed by atoms with van der Waals surface area (Å²) in [7, 11) is -3.09. The highest BCUT2D eigenvalue weighted by Gasteiger charge is 2.11. The van der Waals surface area contributed by atoms with Crippen molar-refractivity contribution in [3.8, 4) is 11.5 Å². The minimum Gasteiger partial charge on any atom is -0.454 e. The quantitative estimate of drug-likeness (QED) is 0.777. The van der Waals surface area contributed by atoms with Gasteiger partial charge < -0.3 is 9.47 Å². The number of sulfone groups is 1. The average Bonchev–Trinajstić information content (AvgIpc) is 2.90. The largest absolute Gasteiger partial charge is 0.454 e. The number of allylic oxidation sites excluding steroid dienone is 5. The maximum absolute atomic E-state index is 11.2. The van der Waals surface area contributed by atoms with Gasteiger partial charge in [0.05, 0.1) is 4.91 Å². The Kier molecular flexibility index (Phi) is 7.10. The Bertz CT molecular complexity index is 721. The third kappa shape index (κ3) is 6.74. The highest BCUT2D eigenvalue weighted by molar-refractivity contribution is 7.94. The van der Waals surface area contributed by atoms with Gasteiger partial charge >= 0.3 is 0 Å². The third-order valence-corrected chi connectivity index (χ3v) is 4.00. The number of hydrogen-bond acceptors (Lipinski definition) is 4. The molecule has 0 fully saturated rings. The maximum atomic E-state index is 11.2. The van der Waals surface area contributed by atoms with Crippen LogP contribution in [-0.4, -0.2) is 21.5 Å². The van der Waals surface area contributed by atoms with Crippen LogP contribution in [0.2, 0.25) is 0 Å². The predicted octanol–water partition coefficient (Wildman–Crippen LogP) is 4.18. The number of hydrogen-bond donors (Lipinski definition) is 0. The zero-order valence-electron chi connectivity index (χ0n) is 14.3. The Morgan fingerprint density at radius 2 is 1.78 bits per heavy atom. The van der Waals surface area contributed by atoms with Gasteiger partial charge in [-0.05, 0) is 57.5 Å². The normalized spacial score (nSPS) is 13.5. The van der Waals surface area contributed by atoms with Gasteiger partial charge in [-0.3, -0.25) is 0 Å². The Labute approximate surface area is 139 Å². The van der Waals surface area contributed by atoms with E-state index in [4.69, 9.17) is 9.47 Å². The lowest BCUT2D eigenvalue weighted by Gasteiger charge is -1.96. The minimum absolute atomic E-state index is 0.344. The summed E-state index contributed by atoms with van der Waals surface area (Å²) >= 11 is 0. The highest BCUT2D eigenvalue weighted by atomic mass is 32.2. The van der Waals surface area contributed by atoms with Crippen LogP contribution in [0.1, 0.15) is 26.3 Å². The van der Waals surface area contributed by atoms with Gasteiger partial charge in [-0.25, -0.2) is 8.42 Å². The molecular weight excluding hydrogens is 312 g/mol. The Hall–Kier alpha value is -2.01. The molecule has 0 spiro atoms. The zero-order chi connectivity index (χ0) is 17.5. The van der Waals surface area contributed by atoms with Crippen molar-refractivity contribution in [2.24, 2.45) is 0 Å². The van der Waals surface area contributed by atoms with E-state index >= 15 is 0 Å². The highest BCUT2D eigenvalue weighted by Crippen LogP contribution is 2.31. The van der Waals surface area contributed by atoms with E-state index in [2.05, 4.69) is 0 Å². The first kappa shape index (κ1) is 19.0. The monoisotopic (exact) mass is 336 g/mol. The van der Waals surface area contributed by atoms with E-state index in [0.717, 1.165) is 17.1 Å². The lowest BCUT2D eigenvalue weighted by molar-refractivity contribution is 0.174. The van der Waals surface area contributed by atoms with Gasteiger partial charge in [-0.2, -0.15) is 0 Å². The number of aryl methyl sites for hydroxylation is 1. The molecule has 1 aromatic carbocycles. The van der Waals surface area contributed by atoms with Crippen LogP contribution >= 0.6 is 0 Å². The molecule has 0 atom stereocenters. The molecule has 0 unspecified atom stereocenters. The van der Waals surface area contributed by atoms with E-state index in [9.17, 15) is 8.42 Å². The summed E-state index contributed by atoms with van der Waals surface area (Å²) in [5, 5.41) is 0. The van der Waals surface area contributed by atoms with E-state index in [1.807, 2.05) is 39.0 Å². The number of fused-ring (bicyclic) bond motifs is 1. The van der Waals surface area contributed by atoms with Gasteiger partial charge in [0.2, 0.25) is 6.79 Å². The van der Waals surface area contributed by atoms with Crippen LogP contribution < -0.4 is 9.47 Å². The summed E-state index contributed by atoms with van der Waals surface area (Å²) < 4.78 is 32.7. The third-order valence-electron chi connectivity index (χ3n) is 2.87. The lowest BCUT2D eigenvalue weighted by Crippen LogP contribution is -1.97. The van der Waals surface area contributed by atoms with E-state index in [1.165, 1.54) is 11.8 Å². The van der Waals surface area contributed by atoms with Gasteiger partial charge in [0, 0.05) is 6.26 Å². The Balaban J connectivity index is 0.000000235. The Morgan fingerprint density at radius 1 is 1.13 bits per heavy atom. The smallest absolute Gasteiger partial charge is 0.231 e. The van der Waals surface area contributed by atoms with Crippen molar-refractivity contribution in [3.05, 3.63) is 58.5 Å². The molecule has 5 heteroatoms. The second kappa shape index (κ2) is 8.58. The van der Waals surface area contributed by atoms with E-state index in [0.29, 0.717) is 11.7 Å². The van der Waals surface area contributed by atoms with Crippen molar-refractivity contribution in [1.29, 1.82) is 0 Å². The van der Waals surface area contributed by atoms with Crippen molar-refractivity contribution < 1.29 is 17.9 Å². The minimum atomic E-state index is -3.09. The van der Waals surface area contributed by atoms with Crippen molar-refractivity contribution in [2.75, 3.05) is 13.0 Å².